The van der Waals surface area contributed by atoms with Gasteiger partial charge in [0.05, 0.1) is 0 Å². The zero-order chi connectivity index (χ0) is 13.3. The first-order valence-corrected chi connectivity index (χ1v) is 8.10. The SMILES string of the molecule is C1CCC(C2CCCCC2)CC1.Oc1ccccc1. The molecule has 19 heavy (non-hydrogen) atoms. The lowest BCUT2D eigenvalue weighted by Gasteiger charge is -2.32. The fourth-order valence-corrected chi connectivity index (χ4v) is 3.64. The van der Waals surface area contributed by atoms with Crippen molar-refractivity contribution in [3.8, 4) is 5.75 Å². The Morgan fingerprint density at radius 1 is 0.632 bits per heavy atom. The van der Waals surface area contributed by atoms with Crippen molar-refractivity contribution >= 4 is 0 Å². The molecule has 2 fully saturated rings. The number of benzene rings is 1. The van der Waals surface area contributed by atoms with Gasteiger partial charge in [-0.3, -0.25) is 0 Å². The second-order valence-corrected chi connectivity index (χ2v) is 6.13. The van der Waals surface area contributed by atoms with E-state index < -0.39 is 0 Å². The standard InChI is InChI=1S/C12H22.C6H6O/c1-3-7-11(8-4-1)12-9-5-2-6-10-12;7-6-4-2-1-3-5-6/h11-12H,1-10H2;1-5,7H. The van der Waals surface area contributed by atoms with Gasteiger partial charge in [-0.1, -0.05) is 82.4 Å². The number of phenolic OH excluding ortho intramolecular Hbond substituents is 1. The molecule has 0 bridgehead atoms. The van der Waals surface area contributed by atoms with Crippen molar-refractivity contribution in [2.24, 2.45) is 11.8 Å². The summed E-state index contributed by atoms with van der Waals surface area (Å²) in [6.07, 6.45) is 15.4. The molecule has 0 unspecified atom stereocenters. The first-order valence-electron chi connectivity index (χ1n) is 8.10. The van der Waals surface area contributed by atoms with E-state index in [-0.39, 0.29) is 0 Å². The van der Waals surface area contributed by atoms with Crippen molar-refractivity contribution in [2.75, 3.05) is 0 Å². The Morgan fingerprint density at radius 2 is 1.05 bits per heavy atom. The Balaban J connectivity index is 0.000000163. The minimum Gasteiger partial charge on any atom is -0.508 e. The minimum atomic E-state index is 0.322. The lowest BCUT2D eigenvalue weighted by molar-refractivity contribution is 0.196. The normalized spacial score (nSPS) is 21.5. The Morgan fingerprint density at radius 3 is 1.37 bits per heavy atom. The van der Waals surface area contributed by atoms with E-state index in [0.717, 1.165) is 11.8 Å². The minimum absolute atomic E-state index is 0.322. The van der Waals surface area contributed by atoms with E-state index in [0.29, 0.717) is 5.75 Å². The van der Waals surface area contributed by atoms with Gasteiger partial charge in [0.15, 0.2) is 0 Å². The van der Waals surface area contributed by atoms with Crippen LogP contribution >= 0.6 is 0 Å². The predicted molar refractivity (Wildman–Crippen MR) is 81.3 cm³/mol. The van der Waals surface area contributed by atoms with Gasteiger partial charge in [-0.15, -0.1) is 0 Å². The van der Waals surface area contributed by atoms with Gasteiger partial charge in [0.2, 0.25) is 0 Å². The molecule has 0 atom stereocenters. The first kappa shape index (κ1) is 14.4. The molecule has 2 saturated carbocycles. The smallest absolute Gasteiger partial charge is 0.115 e. The molecule has 0 saturated heterocycles. The highest BCUT2D eigenvalue weighted by molar-refractivity contribution is 5.18. The summed E-state index contributed by atoms with van der Waals surface area (Å²) in [6, 6.07) is 8.71. The third kappa shape index (κ3) is 5.26. The first-order chi connectivity index (χ1) is 9.36. The molecule has 1 aromatic rings. The molecule has 1 N–H and O–H groups in total. The highest BCUT2D eigenvalue weighted by Crippen LogP contribution is 2.37. The van der Waals surface area contributed by atoms with Crippen LogP contribution in [0.2, 0.25) is 0 Å². The highest BCUT2D eigenvalue weighted by atomic mass is 16.3. The summed E-state index contributed by atoms with van der Waals surface area (Å²) in [7, 11) is 0. The van der Waals surface area contributed by atoms with E-state index in [4.69, 9.17) is 5.11 Å². The van der Waals surface area contributed by atoms with Crippen LogP contribution in [0.4, 0.5) is 0 Å². The average molecular weight is 260 g/mol. The predicted octanol–water partition coefficient (Wildman–Crippen LogP) is 5.54. The molecular formula is C18H28O. The van der Waals surface area contributed by atoms with Gasteiger partial charge in [-0.05, 0) is 24.0 Å². The van der Waals surface area contributed by atoms with Crippen molar-refractivity contribution in [3.63, 3.8) is 0 Å². The van der Waals surface area contributed by atoms with Gasteiger partial charge in [-0.2, -0.15) is 0 Å². The molecular weight excluding hydrogens is 232 g/mol. The zero-order valence-corrected chi connectivity index (χ0v) is 12.1. The van der Waals surface area contributed by atoms with Crippen LogP contribution in [0, 0.1) is 11.8 Å². The number of hydrogen-bond donors (Lipinski definition) is 1. The molecule has 0 spiro atoms. The fraction of sp³-hybridized carbons (Fsp3) is 0.667. The Labute approximate surface area is 118 Å². The van der Waals surface area contributed by atoms with E-state index in [1.54, 1.807) is 49.9 Å². The summed E-state index contributed by atoms with van der Waals surface area (Å²) < 4.78 is 0. The van der Waals surface area contributed by atoms with E-state index in [9.17, 15) is 0 Å². The Hall–Kier alpha value is -0.980. The monoisotopic (exact) mass is 260 g/mol. The number of hydrogen-bond acceptors (Lipinski definition) is 1. The Bertz CT molecular complexity index is 305. The molecule has 1 heteroatoms. The highest BCUT2D eigenvalue weighted by Gasteiger charge is 2.24. The number of rotatable bonds is 1. The number of para-hydroxylation sites is 1. The third-order valence-electron chi connectivity index (χ3n) is 4.72. The maximum absolute atomic E-state index is 8.63. The fourth-order valence-electron chi connectivity index (χ4n) is 3.64. The van der Waals surface area contributed by atoms with Crippen molar-refractivity contribution in [1.82, 2.24) is 0 Å². The van der Waals surface area contributed by atoms with Gasteiger partial charge in [-0.25, -0.2) is 0 Å². The Kier molecular flexibility index (Phi) is 6.26. The van der Waals surface area contributed by atoms with Crippen molar-refractivity contribution in [1.29, 1.82) is 0 Å². The van der Waals surface area contributed by atoms with Crippen LogP contribution < -0.4 is 0 Å². The molecule has 0 aromatic heterocycles. The van der Waals surface area contributed by atoms with Crippen LogP contribution in [0.3, 0.4) is 0 Å². The third-order valence-corrected chi connectivity index (χ3v) is 4.72. The second-order valence-electron chi connectivity index (χ2n) is 6.13. The van der Waals surface area contributed by atoms with E-state index in [2.05, 4.69) is 0 Å². The average Bonchev–Trinajstić information content (AvgIpc) is 2.51. The summed E-state index contributed by atoms with van der Waals surface area (Å²) in [5, 5.41) is 8.63. The van der Waals surface area contributed by atoms with Crippen molar-refractivity contribution in [2.45, 2.75) is 64.2 Å². The van der Waals surface area contributed by atoms with E-state index >= 15 is 0 Å². The molecule has 2 aliphatic rings. The largest absolute Gasteiger partial charge is 0.508 e. The van der Waals surface area contributed by atoms with Crippen LogP contribution in [0.25, 0.3) is 0 Å². The quantitative estimate of drug-likeness (QED) is 0.703. The maximum atomic E-state index is 8.63. The van der Waals surface area contributed by atoms with Gasteiger partial charge >= 0.3 is 0 Å². The maximum Gasteiger partial charge on any atom is 0.115 e. The molecule has 1 nitrogen and oxygen atoms in total. The van der Waals surface area contributed by atoms with Crippen LogP contribution in [0.5, 0.6) is 5.75 Å². The lowest BCUT2D eigenvalue weighted by Crippen LogP contribution is -2.20. The summed E-state index contributed by atoms with van der Waals surface area (Å²) in [4.78, 5) is 0. The molecule has 2 aliphatic carbocycles. The van der Waals surface area contributed by atoms with Gasteiger partial charge in [0.25, 0.3) is 0 Å². The molecule has 0 heterocycles. The van der Waals surface area contributed by atoms with Gasteiger partial charge in [0.1, 0.15) is 5.75 Å². The van der Waals surface area contributed by atoms with Crippen LogP contribution in [-0.4, -0.2) is 5.11 Å². The van der Waals surface area contributed by atoms with E-state index in [1.165, 1.54) is 38.5 Å². The summed E-state index contributed by atoms with van der Waals surface area (Å²) in [5.41, 5.74) is 0. The van der Waals surface area contributed by atoms with Crippen molar-refractivity contribution < 1.29 is 5.11 Å². The van der Waals surface area contributed by atoms with Crippen LogP contribution in [-0.2, 0) is 0 Å². The molecule has 1 aromatic carbocycles. The van der Waals surface area contributed by atoms with Crippen LogP contribution in [0.15, 0.2) is 30.3 Å². The molecule has 106 valence electrons. The molecule has 3 rings (SSSR count). The molecule has 0 aliphatic heterocycles. The molecule has 0 amide bonds. The van der Waals surface area contributed by atoms with Crippen molar-refractivity contribution in [3.05, 3.63) is 30.3 Å². The number of phenols is 1. The summed E-state index contributed by atoms with van der Waals surface area (Å²) in [5.74, 6) is 2.60. The van der Waals surface area contributed by atoms with E-state index in [1.807, 2.05) is 6.07 Å². The molecule has 0 radical (unpaired) electrons. The number of aromatic hydroxyl groups is 1. The van der Waals surface area contributed by atoms with Gasteiger partial charge in [0, 0.05) is 0 Å². The second kappa shape index (κ2) is 8.24. The summed E-state index contributed by atoms with van der Waals surface area (Å²) in [6.45, 7) is 0. The zero-order valence-electron chi connectivity index (χ0n) is 12.1. The van der Waals surface area contributed by atoms with Gasteiger partial charge < -0.3 is 5.11 Å². The topological polar surface area (TPSA) is 20.2 Å². The van der Waals surface area contributed by atoms with Crippen LogP contribution in [0.1, 0.15) is 64.2 Å². The summed E-state index contributed by atoms with van der Waals surface area (Å²) >= 11 is 0. The lowest BCUT2D eigenvalue weighted by atomic mass is 9.73.